The summed E-state index contributed by atoms with van der Waals surface area (Å²) < 4.78 is 21.5. The predicted octanol–water partition coefficient (Wildman–Crippen LogP) is 12.3. The van der Waals surface area contributed by atoms with Gasteiger partial charge in [0.1, 0.15) is 17.3 Å². The molecule has 3 aromatic rings. The number of benzene rings is 1. The van der Waals surface area contributed by atoms with E-state index in [4.69, 9.17) is 18.5 Å². The molecule has 4 saturated carbocycles. The third kappa shape index (κ3) is 13.6. The number of carbonyl (C=O) groups is 4. The van der Waals surface area contributed by atoms with Gasteiger partial charge in [0.2, 0.25) is 0 Å². The van der Waals surface area contributed by atoms with Gasteiger partial charge in [-0.25, -0.2) is 0 Å². The fourth-order valence-corrected chi connectivity index (χ4v) is 10.6. The molecule has 2 atom stereocenters. The van der Waals surface area contributed by atoms with Crippen molar-refractivity contribution in [2.75, 3.05) is 14.2 Å². The average Bonchev–Trinajstić information content (AvgIpc) is 4.13. The maximum absolute atomic E-state index is 13.3. The highest BCUT2D eigenvalue weighted by molar-refractivity contribution is 5.82. The Morgan fingerprint density at radius 1 is 0.688 bits per heavy atom. The van der Waals surface area contributed by atoms with E-state index in [-0.39, 0.29) is 48.8 Å². The van der Waals surface area contributed by atoms with Gasteiger partial charge in [-0.3, -0.25) is 19.2 Å². The number of carbonyl (C=O) groups excluding carboxylic acids is 3. The van der Waals surface area contributed by atoms with Crippen molar-refractivity contribution < 1.29 is 42.8 Å². The third-order valence-corrected chi connectivity index (χ3v) is 14.0. The summed E-state index contributed by atoms with van der Waals surface area (Å²) in [6.45, 7) is 17.9. The molecule has 0 amide bonds. The Hall–Kier alpha value is -4.28. The van der Waals surface area contributed by atoms with Gasteiger partial charge in [-0.2, -0.15) is 0 Å². The Morgan fingerprint density at radius 2 is 1.12 bits per heavy atom. The number of aromatic nitrogens is 2. The second kappa shape index (κ2) is 20.9. The summed E-state index contributed by atoms with van der Waals surface area (Å²) in [7, 11) is 2.76. The first-order valence-electron chi connectivity index (χ1n) is 24.1. The minimum Gasteiger partial charge on any atom is -0.481 e. The predicted molar refractivity (Wildman–Crippen MR) is 246 cm³/mol. The molecule has 0 radical (unpaired) electrons. The molecule has 11 nitrogen and oxygen atoms in total. The number of aryl methyl sites for hydroxylation is 2. The number of esters is 2. The normalized spacial score (nSPS) is 21.7. The van der Waals surface area contributed by atoms with Gasteiger partial charge >= 0.3 is 17.9 Å². The van der Waals surface area contributed by atoms with E-state index in [9.17, 15) is 24.3 Å². The second-order valence-electron chi connectivity index (χ2n) is 22.4. The first-order chi connectivity index (χ1) is 30.2. The maximum Gasteiger partial charge on any atom is 0.305 e. The van der Waals surface area contributed by atoms with Crippen LogP contribution in [0.2, 0.25) is 0 Å². The van der Waals surface area contributed by atoms with E-state index in [1.807, 2.05) is 0 Å². The number of nitrogens with zero attached hydrogens (tertiary/aromatic N) is 2. The van der Waals surface area contributed by atoms with Crippen LogP contribution < -0.4 is 0 Å². The van der Waals surface area contributed by atoms with Crippen LogP contribution in [0.15, 0.2) is 27.2 Å². The number of rotatable bonds is 20. The van der Waals surface area contributed by atoms with Gasteiger partial charge in [0.15, 0.2) is 0 Å². The Morgan fingerprint density at radius 3 is 1.50 bits per heavy atom. The molecule has 0 aliphatic heterocycles. The van der Waals surface area contributed by atoms with Crippen molar-refractivity contribution >= 4 is 23.7 Å². The van der Waals surface area contributed by atoms with E-state index in [0.29, 0.717) is 60.2 Å². The molecule has 11 heteroatoms. The molecule has 64 heavy (non-hydrogen) atoms. The molecule has 2 heterocycles. The number of ketones is 1. The molecule has 0 bridgehead atoms. The van der Waals surface area contributed by atoms with Gasteiger partial charge in [0.05, 0.1) is 32.0 Å². The first-order valence-corrected chi connectivity index (χ1v) is 24.1. The van der Waals surface area contributed by atoms with Gasteiger partial charge < -0.3 is 23.6 Å². The van der Waals surface area contributed by atoms with E-state index in [1.54, 1.807) is 0 Å². The molecule has 352 valence electrons. The van der Waals surface area contributed by atoms with Gasteiger partial charge in [-0.15, -0.1) is 0 Å². The maximum atomic E-state index is 13.3. The van der Waals surface area contributed by atoms with Crippen LogP contribution in [-0.2, 0) is 35.1 Å². The molecule has 1 N–H and O–H groups in total. The highest BCUT2D eigenvalue weighted by atomic mass is 16.5. The Bertz CT molecular complexity index is 2080. The SMILES string of the molecule is COC(=O)CCC(CC(=O)Cc1ccc(C)cc1C)c1noc(C2CC(CC(C)(C)C)C2)c1C1CC1.COC(=O)CCC(CC(=O)O)c1noc(C2CC(CC(C)(C)C)C2)c1C1CC1. The number of aliphatic carboxylic acids is 1. The summed E-state index contributed by atoms with van der Waals surface area (Å²) in [5, 5.41) is 18.3. The van der Waals surface area contributed by atoms with Crippen LogP contribution in [-0.4, -0.2) is 53.3 Å². The number of methoxy groups -OCH3 is 2. The van der Waals surface area contributed by atoms with E-state index < -0.39 is 5.97 Å². The van der Waals surface area contributed by atoms with Crippen molar-refractivity contribution in [1.29, 1.82) is 0 Å². The molecular formula is C53H76N2O9. The Balaban J connectivity index is 0.000000219. The fourth-order valence-electron chi connectivity index (χ4n) is 10.6. The third-order valence-electron chi connectivity index (χ3n) is 14.0. The summed E-state index contributed by atoms with van der Waals surface area (Å²) in [6.07, 6.45) is 13.7. The lowest BCUT2D eigenvalue weighted by Gasteiger charge is -2.38. The van der Waals surface area contributed by atoms with Crippen molar-refractivity contribution in [2.24, 2.45) is 22.7 Å². The van der Waals surface area contributed by atoms with Crippen LogP contribution in [0.3, 0.4) is 0 Å². The number of carboxylic acids is 1. The van der Waals surface area contributed by atoms with Gasteiger partial charge in [0, 0.05) is 60.5 Å². The molecule has 2 unspecified atom stereocenters. The van der Waals surface area contributed by atoms with Gasteiger partial charge in [-0.1, -0.05) is 75.6 Å². The van der Waals surface area contributed by atoms with Crippen LogP contribution in [0.1, 0.15) is 231 Å². The lowest BCUT2D eigenvalue weighted by atomic mass is 9.66. The molecule has 0 spiro atoms. The smallest absolute Gasteiger partial charge is 0.305 e. The number of ether oxygens (including phenoxy) is 2. The zero-order valence-electron chi connectivity index (χ0n) is 40.5. The van der Waals surface area contributed by atoms with Crippen LogP contribution in [0.25, 0.3) is 0 Å². The lowest BCUT2D eigenvalue weighted by molar-refractivity contribution is -0.142. The zero-order valence-corrected chi connectivity index (χ0v) is 40.5. The minimum atomic E-state index is -0.880. The second-order valence-corrected chi connectivity index (χ2v) is 22.4. The van der Waals surface area contributed by atoms with Crippen molar-refractivity contribution in [3.8, 4) is 0 Å². The van der Waals surface area contributed by atoms with Crippen molar-refractivity contribution in [3.05, 3.63) is 68.9 Å². The van der Waals surface area contributed by atoms with Gasteiger partial charge in [-0.05, 0) is 137 Å². The first kappa shape index (κ1) is 49.2. The molecule has 7 rings (SSSR count). The largest absolute Gasteiger partial charge is 0.481 e. The zero-order chi connectivity index (χ0) is 46.5. The molecule has 2 aromatic heterocycles. The lowest BCUT2D eigenvalue weighted by Crippen LogP contribution is -2.26. The summed E-state index contributed by atoms with van der Waals surface area (Å²) in [5.74, 6) is 3.55. The van der Waals surface area contributed by atoms with E-state index in [2.05, 4.69) is 83.9 Å². The van der Waals surface area contributed by atoms with E-state index >= 15 is 0 Å². The fraction of sp³-hybridized carbons (Fsp3) is 0.698. The van der Waals surface area contributed by atoms with E-state index in [0.717, 1.165) is 103 Å². The molecule has 4 aliphatic carbocycles. The number of Topliss-reactive ketones (excluding diaryl/α,β-unsaturated/α-hetero) is 1. The molecule has 1 aromatic carbocycles. The van der Waals surface area contributed by atoms with E-state index in [1.165, 1.54) is 38.2 Å². The Labute approximate surface area is 381 Å². The molecule has 0 saturated heterocycles. The van der Waals surface area contributed by atoms with Crippen molar-refractivity contribution in [1.82, 2.24) is 10.3 Å². The van der Waals surface area contributed by atoms with Crippen LogP contribution >= 0.6 is 0 Å². The van der Waals surface area contributed by atoms with Crippen LogP contribution in [0, 0.1) is 36.5 Å². The quantitative estimate of drug-likeness (QED) is 0.108. The highest BCUT2D eigenvalue weighted by Crippen LogP contribution is 2.55. The highest BCUT2D eigenvalue weighted by Gasteiger charge is 2.44. The van der Waals surface area contributed by atoms with Crippen LogP contribution in [0.5, 0.6) is 0 Å². The standard InChI is InChI=1S/C31H43NO4.C22H33NO5/c1-19-7-8-23(20(2)13-19)16-26(33)17-24(11-12-27(34)35-6)29-28(22-9-10-22)30(36-32-29)25-14-21(15-25)18-31(3,4)5;1-22(2,3)12-13-9-16(10-13)21-19(14-5-6-14)20(23-28-21)15(11-17(24)25)7-8-18(26)27-4/h7-8,13,21-22,24-25H,9-12,14-18H2,1-6H3;13-16H,5-12H2,1-4H3,(H,24,25). The average molecular weight is 885 g/mol. The van der Waals surface area contributed by atoms with Gasteiger partial charge in [0.25, 0.3) is 0 Å². The monoisotopic (exact) mass is 885 g/mol. The van der Waals surface area contributed by atoms with Crippen molar-refractivity contribution in [3.63, 3.8) is 0 Å². The topological polar surface area (TPSA) is 159 Å². The number of carboxylic acid groups (broad SMARTS) is 1. The number of hydrogen-bond donors (Lipinski definition) is 1. The number of hydrogen-bond acceptors (Lipinski definition) is 10. The summed E-state index contributed by atoms with van der Waals surface area (Å²) in [6, 6.07) is 6.24. The van der Waals surface area contributed by atoms with Crippen molar-refractivity contribution in [2.45, 2.75) is 200 Å². The Kier molecular flexibility index (Phi) is 16.1. The molecular weight excluding hydrogens is 809 g/mol. The minimum absolute atomic E-state index is 0.0417. The summed E-state index contributed by atoms with van der Waals surface area (Å²) in [4.78, 5) is 48.2. The molecule has 4 fully saturated rings. The summed E-state index contributed by atoms with van der Waals surface area (Å²) in [5.41, 5.74) is 8.18. The van der Waals surface area contributed by atoms with Crippen LogP contribution in [0.4, 0.5) is 0 Å². The summed E-state index contributed by atoms with van der Waals surface area (Å²) >= 11 is 0. The molecule has 4 aliphatic rings.